The largest absolute Gasteiger partial charge is 0.497 e. The van der Waals surface area contributed by atoms with Crippen LogP contribution in [0.25, 0.3) is 0 Å². The third-order valence-electron chi connectivity index (χ3n) is 3.08. The zero-order valence-electron chi connectivity index (χ0n) is 11.8. The predicted molar refractivity (Wildman–Crippen MR) is 78.6 cm³/mol. The molecule has 0 bridgehead atoms. The minimum atomic E-state index is 0.0843. The SMILES string of the molecule is COc1ccc(C(=O)CCOc2ccccc2)c(C)c1. The Bertz CT molecular complexity index is 576. The minimum absolute atomic E-state index is 0.0843. The number of Topliss-reactive ketones (excluding diaryl/α,β-unsaturated/α-hetero) is 1. The highest BCUT2D eigenvalue weighted by atomic mass is 16.5. The van der Waals surface area contributed by atoms with E-state index >= 15 is 0 Å². The third kappa shape index (κ3) is 3.60. The highest BCUT2D eigenvalue weighted by molar-refractivity contribution is 5.97. The first-order valence-corrected chi connectivity index (χ1v) is 6.56. The lowest BCUT2D eigenvalue weighted by molar-refractivity contribution is 0.0961. The Hall–Kier alpha value is -2.29. The van der Waals surface area contributed by atoms with Crippen LogP contribution in [0.15, 0.2) is 48.5 Å². The first-order valence-electron chi connectivity index (χ1n) is 6.56. The summed E-state index contributed by atoms with van der Waals surface area (Å²) in [4.78, 5) is 12.1. The minimum Gasteiger partial charge on any atom is -0.497 e. The van der Waals surface area contributed by atoms with Gasteiger partial charge in [0.15, 0.2) is 5.78 Å². The summed E-state index contributed by atoms with van der Waals surface area (Å²) in [6, 6.07) is 15.0. The van der Waals surface area contributed by atoms with Crippen molar-refractivity contribution in [1.82, 2.24) is 0 Å². The van der Waals surface area contributed by atoms with E-state index in [1.54, 1.807) is 19.2 Å². The first-order chi connectivity index (χ1) is 9.70. The molecule has 3 heteroatoms. The molecule has 0 fully saturated rings. The molecule has 0 aliphatic heterocycles. The van der Waals surface area contributed by atoms with Crippen molar-refractivity contribution in [2.24, 2.45) is 0 Å². The Balaban J connectivity index is 1.92. The van der Waals surface area contributed by atoms with Crippen molar-refractivity contribution in [2.75, 3.05) is 13.7 Å². The Morgan fingerprint density at radius 1 is 1.05 bits per heavy atom. The summed E-state index contributed by atoms with van der Waals surface area (Å²) >= 11 is 0. The molecule has 0 heterocycles. The summed E-state index contributed by atoms with van der Waals surface area (Å²) in [5.41, 5.74) is 1.65. The Labute approximate surface area is 119 Å². The number of ether oxygens (including phenoxy) is 2. The van der Waals surface area contributed by atoms with Gasteiger partial charge in [-0.15, -0.1) is 0 Å². The Morgan fingerprint density at radius 2 is 1.80 bits per heavy atom. The van der Waals surface area contributed by atoms with Crippen molar-refractivity contribution in [2.45, 2.75) is 13.3 Å². The van der Waals surface area contributed by atoms with Gasteiger partial charge in [-0.25, -0.2) is 0 Å². The molecule has 0 aliphatic rings. The lowest BCUT2D eigenvalue weighted by Gasteiger charge is -2.08. The second-order valence-corrected chi connectivity index (χ2v) is 4.52. The van der Waals surface area contributed by atoms with E-state index in [2.05, 4.69) is 0 Å². The number of methoxy groups -OCH3 is 1. The fourth-order valence-corrected chi connectivity index (χ4v) is 1.99. The number of para-hydroxylation sites is 1. The van der Waals surface area contributed by atoms with E-state index in [0.29, 0.717) is 13.0 Å². The normalized spacial score (nSPS) is 10.1. The van der Waals surface area contributed by atoms with Crippen LogP contribution in [-0.4, -0.2) is 19.5 Å². The van der Waals surface area contributed by atoms with Gasteiger partial charge in [-0.2, -0.15) is 0 Å². The zero-order valence-corrected chi connectivity index (χ0v) is 11.8. The molecular formula is C17H18O3. The van der Waals surface area contributed by atoms with Crippen LogP contribution < -0.4 is 9.47 Å². The maximum absolute atomic E-state index is 12.1. The number of hydrogen-bond donors (Lipinski definition) is 0. The van der Waals surface area contributed by atoms with E-state index < -0.39 is 0 Å². The number of aryl methyl sites for hydroxylation is 1. The number of rotatable bonds is 6. The topological polar surface area (TPSA) is 35.5 Å². The fraction of sp³-hybridized carbons (Fsp3) is 0.235. The molecule has 0 aromatic heterocycles. The third-order valence-corrected chi connectivity index (χ3v) is 3.08. The Morgan fingerprint density at radius 3 is 2.45 bits per heavy atom. The molecular weight excluding hydrogens is 252 g/mol. The van der Waals surface area contributed by atoms with E-state index in [0.717, 1.165) is 22.6 Å². The van der Waals surface area contributed by atoms with Crippen LogP contribution in [0.5, 0.6) is 11.5 Å². The molecule has 0 spiro atoms. The lowest BCUT2D eigenvalue weighted by atomic mass is 10.0. The molecule has 0 saturated carbocycles. The van der Waals surface area contributed by atoms with Gasteiger partial charge in [-0.3, -0.25) is 4.79 Å². The van der Waals surface area contributed by atoms with Crippen molar-refractivity contribution in [1.29, 1.82) is 0 Å². The number of hydrogen-bond acceptors (Lipinski definition) is 3. The van der Waals surface area contributed by atoms with Crippen LogP contribution in [0.4, 0.5) is 0 Å². The van der Waals surface area contributed by atoms with E-state index in [-0.39, 0.29) is 5.78 Å². The average Bonchev–Trinajstić information content (AvgIpc) is 2.48. The van der Waals surface area contributed by atoms with Crippen LogP contribution in [0.3, 0.4) is 0 Å². The van der Waals surface area contributed by atoms with Crippen LogP contribution in [0, 0.1) is 6.92 Å². The van der Waals surface area contributed by atoms with Crippen LogP contribution in [0.1, 0.15) is 22.3 Å². The molecule has 2 aromatic rings. The quantitative estimate of drug-likeness (QED) is 0.751. The summed E-state index contributed by atoms with van der Waals surface area (Å²) in [6.07, 6.45) is 0.363. The maximum atomic E-state index is 12.1. The van der Waals surface area contributed by atoms with Gasteiger partial charge in [0.2, 0.25) is 0 Å². The van der Waals surface area contributed by atoms with E-state index in [4.69, 9.17) is 9.47 Å². The molecule has 0 atom stereocenters. The van der Waals surface area contributed by atoms with E-state index in [1.165, 1.54) is 0 Å². The van der Waals surface area contributed by atoms with Gasteiger partial charge in [-0.05, 0) is 42.8 Å². The number of benzene rings is 2. The molecule has 2 aromatic carbocycles. The molecule has 0 N–H and O–H groups in total. The van der Waals surface area contributed by atoms with Crippen LogP contribution >= 0.6 is 0 Å². The zero-order chi connectivity index (χ0) is 14.4. The van der Waals surface area contributed by atoms with E-state index in [9.17, 15) is 4.79 Å². The summed E-state index contributed by atoms with van der Waals surface area (Å²) in [7, 11) is 1.62. The molecule has 0 unspecified atom stereocenters. The fourth-order valence-electron chi connectivity index (χ4n) is 1.99. The molecule has 0 saturated heterocycles. The monoisotopic (exact) mass is 270 g/mol. The van der Waals surface area contributed by atoms with Gasteiger partial charge in [0.05, 0.1) is 13.7 Å². The number of carbonyl (C=O) groups is 1. The van der Waals surface area contributed by atoms with Gasteiger partial charge < -0.3 is 9.47 Å². The molecule has 20 heavy (non-hydrogen) atoms. The summed E-state index contributed by atoms with van der Waals surface area (Å²) in [5.74, 6) is 1.63. The lowest BCUT2D eigenvalue weighted by Crippen LogP contribution is -2.08. The maximum Gasteiger partial charge on any atom is 0.166 e. The second-order valence-electron chi connectivity index (χ2n) is 4.52. The standard InChI is InChI=1S/C17H18O3/c1-13-12-15(19-2)8-9-16(13)17(18)10-11-20-14-6-4-3-5-7-14/h3-9,12H,10-11H2,1-2H3. The smallest absolute Gasteiger partial charge is 0.166 e. The summed E-state index contributed by atoms with van der Waals surface area (Å²) in [5, 5.41) is 0. The number of ketones is 1. The van der Waals surface area contributed by atoms with Crippen molar-refractivity contribution in [3.8, 4) is 11.5 Å². The van der Waals surface area contributed by atoms with E-state index in [1.807, 2.05) is 43.3 Å². The average molecular weight is 270 g/mol. The second kappa shape index (κ2) is 6.75. The predicted octanol–water partition coefficient (Wildman–Crippen LogP) is 3.66. The number of carbonyl (C=O) groups excluding carboxylic acids is 1. The van der Waals surface area contributed by atoms with Crippen molar-refractivity contribution < 1.29 is 14.3 Å². The van der Waals surface area contributed by atoms with Crippen LogP contribution in [-0.2, 0) is 0 Å². The highest BCUT2D eigenvalue weighted by Gasteiger charge is 2.10. The highest BCUT2D eigenvalue weighted by Crippen LogP contribution is 2.18. The van der Waals surface area contributed by atoms with Gasteiger partial charge in [0.25, 0.3) is 0 Å². The molecule has 0 aliphatic carbocycles. The molecule has 3 nitrogen and oxygen atoms in total. The van der Waals surface area contributed by atoms with Gasteiger partial charge >= 0.3 is 0 Å². The van der Waals surface area contributed by atoms with Crippen molar-refractivity contribution in [3.63, 3.8) is 0 Å². The van der Waals surface area contributed by atoms with Crippen molar-refractivity contribution >= 4 is 5.78 Å². The Kier molecular flexibility index (Phi) is 4.77. The molecule has 0 radical (unpaired) electrons. The summed E-state index contributed by atoms with van der Waals surface area (Å²) in [6.45, 7) is 2.29. The first kappa shape index (κ1) is 14.1. The van der Waals surface area contributed by atoms with Gasteiger partial charge in [0, 0.05) is 12.0 Å². The van der Waals surface area contributed by atoms with Crippen LogP contribution in [0.2, 0.25) is 0 Å². The van der Waals surface area contributed by atoms with Crippen molar-refractivity contribution in [3.05, 3.63) is 59.7 Å². The molecule has 2 rings (SSSR count). The molecule has 0 amide bonds. The molecule has 104 valence electrons. The van der Waals surface area contributed by atoms with Gasteiger partial charge in [-0.1, -0.05) is 18.2 Å². The van der Waals surface area contributed by atoms with Gasteiger partial charge in [0.1, 0.15) is 11.5 Å². The summed E-state index contributed by atoms with van der Waals surface area (Å²) < 4.78 is 10.7.